The van der Waals surface area contributed by atoms with Crippen molar-refractivity contribution in [3.8, 4) is 5.75 Å². The molecule has 0 fully saturated rings. The van der Waals surface area contributed by atoms with E-state index in [0.29, 0.717) is 31.8 Å². The van der Waals surface area contributed by atoms with Gasteiger partial charge in [0.15, 0.2) is 6.61 Å². The quantitative estimate of drug-likeness (QED) is 0.779. The summed E-state index contributed by atoms with van der Waals surface area (Å²) in [5.41, 5.74) is 1.49. The lowest BCUT2D eigenvalue weighted by Crippen LogP contribution is -2.38. The number of hydrogen-bond acceptors (Lipinski definition) is 5. The van der Waals surface area contributed by atoms with Gasteiger partial charge >= 0.3 is 0 Å². The van der Waals surface area contributed by atoms with Crippen LogP contribution in [0.3, 0.4) is 0 Å². The Morgan fingerprint density at radius 2 is 2.18 bits per heavy atom. The molecule has 0 saturated heterocycles. The molecule has 122 valence electrons. The summed E-state index contributed by atoms with van der Waals surface area (Å²) in [5.74, 6) is 0.610. The number of nitrogens with zero attached hydrogens (tertiary/aromatic N) is 2. The number of aliphatic hydroxyl groups excluding tert-OH is 2. The minimum absolute atomic E-state index is 0.0642. The molecule has 0 spiro atoms. The molecule has 0 aromatic heterocycles. The van der Waals surface area contributed by atoms with Crippen LogP contribution in [0.4, 0.5) is 5.69 Å². The van der Waals surface area contributed by atoms with E-state index in [2.05, 4.69) is 0 Å². The summed E-state index contributed by atoms with van der Waals surface area (Å²) in [4.78, 5) is 15.5. The summed E-state index contributed by atoms with van der Waals surface area (Å²) in [6.07, 6.45) is -0.0434. The smallest absolute Gasteiger partial charge is 0.265 e. The molecule has 6 nitrogen and oxygen atoms in total. The van der Waals surface area contributed by atoms with Crippen molar-refractivity contribution in [3.63, 3.8) is 0 Å². The van der Waals surface area contributed by atoms with Crippen molar-refractivity contribution < 1.29 is 19.7 Å². The van der Waals surface area contributed by atoms with Crippen molar-refractivity contribution in [2.75, 3.05) is 44.8 Å². The van der Waals surface area contributed by atoms with E-state index in [0.717, 1.165) is 11.3 Å². The SMILES string of the molecule is CCN1C(=O)COc2ccc(C(O)CCN(C)CCO)cc21. The zero-order valence-electron chi connectivity index (χ0n) is 13.2. The number of fused-ring (bicyclic) bond motifs is 1. The molecule has 1 unspecified atom stereocenters. The Morgan fingerprint density at radius 1 is 1.41 bits per heavy atom. The van der Waals surface area contributed by atoms with Gasteiger partial charge in [0.05, 0.1) is 18.4 Å². The zero-order chi connectivity index (χ0) is 16.1. The second kappa shape index (κ2) is 7.58. The molecule has 1 amide bonds. The van der Waals surface area contributed by atoms with Gasteiger partial charge in [-0.15, -0.1) is 0 Å². The Kier molecular flexibility index (Phi) is 5.76. The van der Waals surface area contributed by atoms with Crippen LogP contribution >= 0.6 is 0 Å². The van der Waals surface area contributed by atoms with Crippen LogP contribution < -0.4 is 9.64 Å². The Balaban J connectivity index is 2.09. The first-order valence-electron chi connectivity index (χ1n) is 7.61. The highest BCUT2D eigenvalue weighted by molar-refractivity contribution is 5.97. The summed E-state index contributed by atoms with van der Waals surface area (Å²) < 4.78 is 5.42. The number of amides is 1. The average molecular weight is 308 g/mol. The number of carbonyl (C=O) groups is 1. The molecule has 1 aromatic carbocycles. The van der Waals surface area contributed by atoms with Crippen molar-refractivity contribution in [1.82, 2.24) is 4.90 Å². The van der Waals surface area contributed by atoms with Crippen LogP contribution in [0, 0.1) is 0 Å². The van der Waals surface area contributed by atoms with E-state index in [9.17, 15) is 9.90 Å². The molecule has 1 aromatic rings. The van der Waals surface area contributed by atoms with Crippen molar-refractivity contribution >= 4 is 11.6 Å². The summed E-state index contributed by atoms with van der Waals surface area (Å²) >= 11 is 0. The number of likely N-dealkylation sites (N-methyl/N-ethyl adjacent to an activating group) is 2. The van der Waals surface area contributed by atoms with E-state index in [4.69, 9.17) is 9.84 Å². The van der Waals surface area contributed by atoms with Crippen molar-refractivity contribution in [2.45, 2.75) is 19.4 Å². The monoisotopic (exact) mass is 308 g/mol. The van der Waals surface area contributed by atoms with Crippen LogP contribution in [0.5, 0.6) is 5.75 Å². The molecule has 1 atom stereocenters. The Labute approximate surface area is 130 Å². The molecule has 0 saturated carbocycles. The first-order valence-corrected chi connectivity index (χ1v) is 7.61. The number of ether oxygens (including phenoxy) is 1. The van der Waals surface area contributed by atoms with E-state index < -0.39 is 6.10 Å². The van der Waals surface area contributed by atoms with Gasteiger partial charge < -0.3 is 24.7 Å². The summed E-state index contributed by atoms with van der Waals surface area (Å²) in [6, 6.07) is 5.46. The number of benzene rings is 1. The normalized spacial score (nSPS) is 15.7. The number of carbonyl (C=O) groups excluding carboxylic acids is 1. The van der Waals surface area contributed by atoms with E-state index in [1.54, 1.807) is 11.0 Å². The van der Waals surface area contributed by atoms with Crippen molar-refractivity contribution in [1.29, 1.82) is 0 Å². The third-order valence-corrected chi connectivity index (χ3v) is 3.89. The minimum Gasteiger partial charge on any atom is -0.482 e. The van der Waals surface area contributed by atoms with Gasteiger partial charge in [0, 0.05) is 19.6 Å². The van der Waals surface area contributed by atoms with Gasteiger partial charge in [-0.05, 0) is 38.1 Å². The minimum atomic E-state index is -0.609. The van der Waals surface area contributed by atoms with Crippen molar-refractivity contribution in [3.05, 3.63) is 23.8 Å². The largest absolute Gasteiger partial charge is 0.482 e. The lowest BCUT2D eigenvalue weighted by atomic mass is 10.0. The van der Waals surface area contributed by atoms with Crippen molar-refractivity contribution in [2.24, 2.45) is 0 Å². The van der Waals surface area contributed by atoms with Crippen LogP contribution in [-0.2, 0) is 4.79 Å². The van der Waals surface area contributed by atoms with Crippen LogP contribution in [-0.4, -0.2) is 60.9 Å². The van der Waals surface area contributed by atoms with Crippen LogP contribution in [0.25, 0.3) is 0 Å². The lowest BCUT2D eigenvalue weighted by molar-refractivity contribution is -0.121. The van der Waals surface area contributed by atoms with E-state index in [1.807, 2.05) is 31.0 Å². The fraction of sp³-hybridized carbons (Fsp3) is 0.562. The van der Waals surface area contributed by atoms with Gasteiger partial charge in [-0.1, -0.05) is 6.07 Å². The van der Waals surface area contributed by atoms with E-state index in [1.165, 1.54) is 0 Å². The van der Waals surface area contributed by atoms with Gasteiger partial charge in [-0.2, -0.15) is 0 Å². The van der Waals surface area contributed by atoms with Gasteiger partial charge in [-0.25, -0.2) is 0 Å². The summed E-state index contributed by atoms with van der Waals surface area (Å²) in [5, 5.41) is 19.2. The molecule has 0 radical (unpaired) electrons. The number of hydrogen-bond donors (Lipinski definition) is 2. The molecular formula is C16H24N2O4. The lowest BCUT2D eigenvalue weighted by Gasteiger charge is -2.29. The third-order valence-electron chi connectivity index (χ3n) is 3.89. The molecule has 0 bridgehead atoms. The van der Waals surface area contributed by atoms with Crippen LogP contribution in [0.1, 0.15) is 25.0 Å². The number of anilines is 1. The maximum atomic E-state index is 11.9. The van der Waals surface area contributed by atoms with E-state index in [-0.39, 0.29) is 19.1 Å². The van der Waals surface area contributed by atoms with E-state index >= 15 is 0 Å². The molecule has 6 heteroatoms. The maximum Gasteiger partial charge on any atom is 0.265 e. The van der Waals surface area contributed by atoms with Gasteiger partial charge in [0.25, 0.3) is 5.91 Å². The fourth-order valence-electron chi connectivity index (χ4n) is 2.56. The van der Waals surface area contributed by atoms with Gasteiger partial charge in [0.2, 0.25) is 0 Å². The fourth-order valence-corrected chi connectivity index (χ4v) is 2.56. The molecule has 22 heavy (non-hydrogen) atoms. The Hall–Kier alpha value is -1.63. The maximum absolute atomic E-state index is 11.9. The standard InChI is InChI=1S/C16H24N2O4/c1-3-18-13-10-12(4-5-15(13)22-11-16(18)21)14(20)6-7-17(2)8-9-19/h4-5,10,14,19-20H,3,6-9,11H2,1-2H3. The number of aliphatic hydroxyl groups is 2. The van der Waals surface area contributed by atoms with Crippen LogP contribution in [0.15, 0.2) is 18.2 Å². The first kappa shape index (κ1) is 16.7. The first-order chi connectivity index (χ1) is 10.6. The summed E-state index contributed by atoms with van der Waals surface area (Å²) in [6.45, 7) is 3.94. The Bertz CT molecular complexity index is 521. The number of rotatable bonds is 7. The molecule has 1 heterocycles. The zero-order valence-corrected chi connectivity index (χ0v) is 13.2. The highest BCUT2D eigenvalue weighted by atomic mass is 16.5. The predicted molar refractivity (Wildman–Crippen MR) is 84.1 cm³/mol. The highest BCUT2D eigenvalue weighted by Crippen LogP contribution is 2.34. The molecule has 1 aliphatic heterocycles. The molecule has 2 N–H and O–H groups in total. The summed E-state index contributed by atoms with van der Waals surface area (Å²) in [7, 11) is 1.90. The molecule has 1 aliphatic rings. The van der Waals surface area contributed by atoms with Gasteiger partial charge in [0.1, 0.15) is 5.75 Å². The third kappa shape index (κ3) is 3.76. The predicted octanol–water partition coefficient (Wildman–Crippen LogP) is 0.779. The Morgan fingerprint density at radius 3 is 2.86 bits per heavy atom. The molecule has 2 rings (SSSR count). The second-order valence-electron chi connectivity index (χ2n) is 5.49. The van der Waals surface area contributed by atoms with Gasteiger partial charge in [-0.3, -0.25) is 4.79 Å². The average Bonchev–Trinajstić information content (AvgIpc) is 2.52. The molecular weight excluding hydrogens is 284 g/mol. The molecule has 0 aliphatic carbocycles. The topological polar surface area (TPSA) is 73.2 Å². The second-order valence-corrected chi connectivity index (χ2v) is 5.49. The van der Waals surface area contributed by atoms with Crippen LogP contribution in [0.2, 0.25) is 0 Å². The highest BCUT2D eigenvalue weighted by Gasteiger charge is 2.25.